The molecule has 0 saturated heterocycles. The number of carbonyl (C=O) groups excluding carboxylic acids is 2. The summed E-state index contributed by atoms with van der Waals surface area (Å²) in [4.78, 5) is 25.3. The summed E-state index contributed by atoms with van der Waals surface area (Å²) in [6, 6.07) is 15.3. The van der Waals surface area contributed by atoms with Gasteiger partial charge in [-0.05, 0) is 60.9 Å². The largest absolute Gasteiger partial charge is 0.452 e. The lowest BCUT2D eigenvalue weighted by Crippen LogP contribution is -2.10. The number of benzene rings is 3. The first-order valence-electron chi connectivity index (χ1n) is 9.15. The molecule has 0 saturated carbocycles. The highest BCUT2D eigenvalue weighted by Crippen LogP contribution is 2.38. The van der Waals surface area contributed by atoms with Gasteiger partial charge in [0, 0.05) is 16.1 Å². The molecular weight excluding hydrogens is 423 g/mol. The van der Waals surface area contributed by atoms with E-state index in [1.165, 1.54) is 0 Å². The van der Waals surface area contributed by atoms with Crippen LogP contribution in [-0.4, -0.2) is 11.8 Å². The lowest BCUT2D eigenvalue weighted by atomic mass is 10.0. The number of allylic oxidation sites excluding steroid dienone is 1. The molecule has 0 fully saturated rings. The standard InChI is InChI=1S/C24H16Cl2O4/c1-13-5-3-4-6-18(13)24(28)29-17-9-14(2)22-20(12-17)30-21(23(22)27)10-15-7-8-16(25)11-19(15)26/h3-12H,1-2H3/b21-10-. The van der Waals surface area contributed by atoms with Crippen molar-refractivity contribution in [3.63, 3.8) is 0 Å². The first kappa shape index (κ1) is 20.2. The van der Waals surface area contributed by atoms with E-state index in [1.807, 2.05) is 19.1 Å². The van der Waals surface area contributed by atoms with Crippen molar-refractivity contribution in [1.29, 1.82) is 0 Å². The molecule has 0 atom stereocenters. The van der Waals surface area contributed by atoms with Gasteiger partial charge < -0.3 is 9.47 Å². The molecule has 1 aliphatic heterocycles. The molecule has 0 radical (unpaired) electrons. The Morgan fingerprint density at radius 2 is 1.77 bits per heavy atom. The predicted molar refractivity (Wildman–Crippen MR) is 117 cm³/mol. The number of ether oxygens (including phenoxy) is 2. The van der Waals surface area contributed by atoms with Crippen molar-refractivity contribution in [2.45, 2.75) is 13.8 Å². The summed E-state index contributed by atoms with van der Waals surface area (Å²) in [6.45, 7) is 3.61. The van der Waals surface area contributed by atoms with Crippen LogP contribution in [0.3, 0.4) is 0 Å². The predicted octanol–water partition coefficient (Wildman–Crippen LogP) is 6.45. The van der Waals surface area contributed by atoms with Crippen LogP contribution in [0.5, 0.6) is 11.5 Å². The molecule has 0 amide bonds. The van der Waals surface area contributed by atoms with Crippen molar-refractivity contribution in [2.24, 2.45) is 0 Å². The van der Waals surface area contributed by atoms with Crippen LogP contribution in [-0.2, 0) is 0 Å². The monoisotopic (exact) mass is 438 g/mol. The van der Waals surface area contributed by atoms with Gasteiger partial charge in [0.1, 0.15) is 11.5 Å². The maximum atomic E-state index is 12.8. The Morgan fingerprint density at radius 1 is 1.00 bits per heavy atom. The molecule has 4 nitrogen and oxygen atoms in total. The van der Waals surface area contributed by atoms with E-state index in [0.717, 1.165) is 5.56 Å². The molecule has 0 spiro atoms. The Hall–Kier alpha value is -3.08. The number of aryl methyl sites for hydroxylation is 2. The van der Waals surface area contributed by atoms with E-state index in [0.29, 0.717) is 43.8 Å². The molecule has 150 valence electrons. The highest BCUT2D eigenvalue weighted by atomic mass is 35.5. The average molecular weight is 439 g/mol. The maximum Gasteiger partial charge on any atom is 0.343 e. The summed E-state index contributed by atoms with van der Waals surface area (Å²) < 4.78 is 11.3. The number of ketones is 1. The van der Waals surface area contributed by atoms with Crippen molar-refractivity contribution in [3.05, 3.63) is 98.2 Å². The lowest BCUT2D eigenvalue weighted by molar-refractivity contribution is 0.0733. The lowest BCUT2D eigenvalue weighted by Gasteiger charge is -2.09. The van der Waals surface area contributed by atoms with E-state index in [2.05, 4.69) is 0 Å². The number of Topliss-reactive ketones (excluding diaryl/α,β-unsaturated/α-hetero) is 1. The molecular formula is C24H16Cl2O4. The fourth-order valence-electron chi connectivity index (χ4n) is 3.26. The highest BCUT2D eigenvalue weighted by molar-refractivity contribution is 6.35. The van der Waals surface area contributed by atoms with E-state index in [1.54, 1.807) is 55.5 Å². The van der Waals surface area contributed by atoms with Gasteiger partial charge in [-0.3, -0.25) is 4.79 Å². The second-order valence-corrected chi connectivity index (χ2v) is 7.77. The zero-order valence-electron chi connectivity index (χ0n) is 16.2. The van der Waals surface area contributed by atoms with Gasteiger partial charge in [-0.15, -0.1) is 0 Å². The Balaban J connectivity index is 1.63. The van der Waals surface area contributed by atoms with Crippen LogP contribution in [0, 0.1) is 13.8 Å². The first-order chi connectivity index (χ1) is 14.3. The van der Waals surface area contributed by atoms with E-state index in [4.69, 9.17) is 32.7 Å². The summed E-state index contributed by atoms with van der Waals surface area (Å²) in [5.74, 6) is 0.0486. The molecule has 0 aromatic heterocycles. The molecule has 0 N–H and O–H groups in total. The summed E-state index contributed by atoms with van der Waals surface area (Å²) in [6.07, 6.45) is 1.57. The van der Waals surface area contributed by atoms with Crippen molar-refractivity contribution >= 4 is 41.0 Å². The highest BCUT2D eigenvalue weighted by Gasteiger charge is 2.30. The number of fused-ring (bicyclic) bond motifs is 1. The van der Waals surface area contributed by atoms with Gasteiger partial charge in [-0.2, -0.15) is 0 Å². The molecule has 30 heavy (non-hydrogen) atoms. The second kappa shape index (κ2) is 7.98. The molecule has 0 unspecified atom stereocenters. The fourth-order valence-corrected chi connectivity index (χ4v) is 3.72. The quantitative estimate of drug-likeness (QED) is 0.268. The minimum Gasteiger partial charge on any atom is -0.452 e. The van der Waals surface area contributed by atoms with Crippen LogP contribution < -0.4 is 9.47 Å². The van der Waals surface area contributed by atoms with Gasteiger partial charge in [0.2, 0.25) is 5.78 Å². The van der Waals surface area contributed by atoms with Crippen molar-refractivity contribution in [3.8, 4) is 11.5 Å². The number of hydrogen-bond donors (Lipinski definition) is 0. The fraction of sp³-hybridized carbons (Fsp3) is 0.0833. The van der Waals surface area contributed by atoms with Gasteiger partial charge in [-0.25, -0.2) is 4.79 Å². The third-order valence-electron chi connectivity index (χ3n) is 4.77. The molecule has 1 aliphatic rings. The van der Waals surface area contributed by atoms with Crippen LogP contribution in [0.25, 0.3) is 6.08 Å². The van der Waals surface area contributed by atoms with Gasteiger partial charge in [0.25, 0.3) is 0 Å². The zero-order chi connectivity index (χ0) is 21.4. The van der Waals surface area contributed by atoms with Crippen LogP contribution in [0.4, 0.5) is 0 Å². The smallest absolute Gasteiger partial charge is 0.343 e. The molecule has 0 bridgehead atoms. The molecule has 3 aromatic carbocycles. The Bertz CT molecular complexity index is 1230. The minimum absolute atomic E-state index is 0.139. The summed E-state index contributed by atoms with van der Waals surface area (Å²) in [7, 11) is 0. The van der Waals surface area contributed by atoms with Gasteiger partial charge in [0.15, 0.2) is 5.76 Å². The number of rotatable bonds is 3. The third kappa shape index (κ3) is 3.84. The molecule has 0 aliphatic carbocycles. The SMILES string of the molecule is Cc1ccccc1C(=O)Oc1cc(C)c2c(c1)O/C(=C\c1ccc(Cl)cc1Cl)C2=O. The Kier molecular flexibility index (Phi) is 5.37. The number of esters is 1. The Morgan fingerprint density at radius 3 is 2.50 bits per heavy atom. The summed E-state index contributed by atoms with van der Waals surface area (Å²) in [5.41, 5.74) is 2.99. The Labute approximate surface area is 183 Å². The van der Waals surface area contributed by atoms with Gasteiger partial charge in [-0.1, -0.05) is 47.5 Å². The number of carbonyl (C=O) groups is 2. The summed E-state index contributed by atoms with van der Waals surface area (Å²) in [5, 5.41) is 0.909. The van der Waals surface area contributed by atoms with Crippen LogP contribution in [0.15, 0.2) is 60.4 Å². The number of halogens is 2. The van der Waals surface area contributed by atoms with Gasteiger partial charge in [0.05, 0.1) is 11.1 Å². The van der Waals surface area contributed by atoms with E-state index in [9.17, 15) is 9.59 Å². The molecule has 3 aromatic rings. The zero-order valence-corrected chi connectivity index (χ0v) is 17.7. The summed E-state index contributed by atoms with van der Waals surface area (Å²) >= 11 is 12.1. The number of hydrogen-bond acceptors (Lipinski definition) is 4. The molecule has 1 heterocycles. The van der Waals surface area contributed by atoms with Crippen molar-refractivity contribution < 1.29 is 19.1 Å². The maximum absolute atomic E-state index is 12.8. The first-order valence-corrected chi connectivity index (χ1v) is 9.91. The van der Waals surface area contributed by atoms with Gasteiger partial charge >= 0.3 is 5.97 Å². The molecule has 6 heteroatoms. The topological polar surface area (TPSA) is 52.6 Å². The second-order valence-electron chi connectivity index (χ2n) is 6.92. The third-order valence-corrected chi connectivity index (χ3v) is 5.33. The van der Waals surface area contributed by atoms with E-state index >= 15 is 0 Å². The normalized spacial score (nSPS) is 13.9. The minimum atomic E-state index is -0.472. The van der Waals surface area contributed by atoms with Crippen LogP contribution >= 0.6 is 23.2 Å². The van der Waals surface area contributed by atoms with Crippen LogP contribution in [0.1, 0.15) is 37.4 Å². The van der Waals surface area contributed by atoms with Crippen molar-refractivity contribution in [1.82, 2.24) is 0 Å². The van der Waals surface area contributed by atoms with Crippen molar-refractivity contribution in [2.75, 3.05) is 0 Å². The van der Waals surface area contributed by atoms with E-state index in [-0.39, 0.29) is 11.5 Å². The molecule has 4 rings (SSSR count). The van der Waals surface area contributed by atoms with Crippen LogP contribution in [0.2, 0.25) is 10.0 Å². The average Bonchev–Trinajstić information content (AvgIpc) is 3.00. The van der Waals surface area contributed by atoms with E-state index < -0.39 is 5.97 Å².